The highest BCUT2D eigenvalue weighted by Gasteiger charge is 2.33. The summed E-state index contributed by atoms with van der Waals surface area (Å²) in [6.45, 7) is 3.07. The van der Waals surface area contributed by atoms with Crippen LogP contribution in [0.15, 0.2) is 29.2 Å². The second-order valence-corrected chi connectivity index (χ2v) is 9.53. The summed E-state index contributed by atoms with van der Waals surface area (Å²) in [5, 5.41) is 3.03. The number of sulfonamides is 1. The zero-order valence-corrected chi connectivity index (χ0v) is 16.4. The SMILES string of the molecule is Cc1ccc(S(=O)(=O)N2CCCCC2CCNC(=O)C2CCCC2)cc1. The molecule has 2 fully saturated rings. The van der Waals surface area contributed by atoms with Crippen molar-refractivity contribution in [1.82, 2.24) is 9.62 Å². The number of nitrogens with one attached hydrogen (secondary N) is 1. The molecule has 1 amide bonds. The summed E-state index contributed by atoms with van der Waals surface area (Å²) in [6.07, 6.45) is 7.75. The summed E-state index contributed by atoms with van der Waals surface area (Å²) >= 11 is 0. The van der Waals surface area contributed by atoms with Crippen LogP contribution in [0.4, 0.5) is 0 Å². The molecular weight excluding hydrogens is 348 g/mol. The second-order valence-electron chi connectivity index (χ2n) is 7.64. The molecule has 6 heteroatoms. The molecule has 0 spiro atoms. The van der Waals surface area contributed by atoms with E-state index < -0.39 is 10.0 Å². The van der Waals surface area contributed by atoms with Crippen molar-refractivity contribution in [2.75, 3.05) is 13.1 Å². The van der Waals surface area contributed by atoms with E-state index >= 15 is 0 Å². The number of aryl methyl sites for hydroxylation is 1. The summed E-state index contributed by atoms with van der Waals surface area (Å²) in [4.78, 5) is 12.5. The molecule has 26 heavy (non-hydrogen) atoms. The van der Waals surface area contributed by atoms with E-state index in [1.165, 1.54) is 0 Å². The van der Waals surface area contributed by atoms with Crippen LogP contribution in [-0.4, -0.2) is 37.8 Å². The van der Waals surface area contributed by atoms with Gasteiger partial charge < -0.3 is 5.32 Å². The maximum atomic E-state index is 13.1. The summed E-state index contributed by atoms with van der Waals surface area (Å²) in [5.74, 6) is 0.306. The van der Waals surface area contributed by atoms with Crippen LogP contribution < -0.4 is 5.32 Å². The maximum absolute atomic E-state index is 13.1. The van der Waals surface area contributed by atoms with Crippen LogP contribution in [0, 0.1) is 12.8 Å². The Morgan fingerprint density at radius 1 is 1.08 bits per heavy atom. The predicted molar refractivity (Wildman–Crippen MR) is 102 cm³/mol. The first kappa shape index (κ1) is 19.4. The third kappa shape index (κ3) is 4.46. The van der Waals surface area contributed by atoms with Crippen molar-refractivity contribution in [3.8, 4) is 0 Å². The Morgan fingerprint density at radius 2 is 1.73 bits per heavy atom. The molecule has 1 unspecified atom stereocenters. The van der Waals surface area contributed by atoms with E-state index in [1.54, 1.807) is 16.4 Å². The number of hydrogen-bond acceptors (Lipinski definition) is 3. The Kier molecular flexibility index (Phi) is 6.35. The molecule has 1 aromatic rings. The molecule has 1 N–H and O–H groups in total. The number of amides is 1. The number of carbonyl (C=O) groups excluding carboxylic acids is 1. The molecule has 2 aliphatic rings. The van der Waals surface area contributed by atoms with Gasteiger partial charge in [0.15, 0.2) is 0 Å². The number of hydrogen-bond donors (Lipinski definition) is 1. The van der Waals surface area contributed by atoms with Crippen LogP contribution in [-0.2, 0) is 14.8 Å². The maximum Gasteiger partial charge on any atom is 0.243 e. The number of piperidine rings is 1. The van der Waals surface area contributed by atoms with Crippen LogP contribution in [0.3, 0.4) is 0 Å². The van der Waals surface area contributed by atoms with Crippen molar-refractivity contribution >= 4 is 15.9 Å². The second kappa shape index (κ2) is 8.53. The van der Waals surface area contributed by atoms with Crippen LogP contribution in [0.2, 0.25) is 0 Å². The Hall–Kier alpha value is -1.40. The fraction of sp³-hybridized carbons (Fsp3) is 0.650. The molecule has 0 radical (unpaired) electrons. The van der Waals surface area contributed by atoms with Crippen molar-refractivity contribution < 1.29 is 13.2 Å². The van der Waals surface area contributed by atoms with E-state index in [0.717, 1.165) is 50.5 Å². The largest absolute Gasteiger partial charge is 0.356 e. The number of nitrogens with zero attached hydrogens (tertiary/aromatic N) is 1. The lowest BCUT2D eigenvalue weighted by molar-refractivity contribution is -0.124. The van der Waals surface area contributed by atoms with Crippen molar-refractivity contribution in [2.24, 2.45) is 5.92 Å². The third-order valence-corrected chi connectivity index (χ3v) is 7.67. The Labute approximate surface area is 157 Å². The minimum atomic E-state index is -3.47. The smallest absolute Gasteiger partial charge is 0.243 e. The van der Waals surface area contributed by atoms with Gasteiger partial charge in [-0.1, -0.05) is 37.0 Å². The molecular formula is C20H30N2O3S. The molecule has 1 saturated heterocycles. The molecule has 3 rings (SSSR count). The summed E-state index contributed by atoms with van der Waals surface area (Å²) in [7, 11) is -3.47. The topological polar surface area (TPSA) is 66.5 Å². The first-order valence-corrected chi connectivity index (χ1v) is 11.3. The number of carbonyl (C=O) groups is 1. The molecule has 144 valence electrons. The molecule has 1 aliphatic carbocycles. The molecule has 1 heterocycles. The first-order chi connectivity index (χ1) is 12.5. The van der Waals surface area contributed by atoms with E-state index in [1.807, 2.05) is 19.1 Å². The molecule has 0 bridgehead atoms. The van der Waals surface area contributed by atoms with E-state index in [9.17, 15) is 13.2 Å². The highest BCUT2D eigenvalue weighted by atomic mass is 32.2. The summed E-state index contributed by atoms with van der Waals surface area (Å²) in [6, 6.07) is 7.04. The normalized spacial score (nSPS) is 22.4. The van der Waals surface area contributed by atoms with Crippen molar-refractivity contribution in [3.05, 3.63) is 29.8 Å². The lowest BCUT2D eigenvalue weighted by Crippen LogP contribution is -2.45. The average molecular weight is 379 g/mol. The van der Waals surface area contributed by atoms with Crippen molar-refractivity contribution in [2.45, 2.75) is 69.2 Å². The molecule has 5 nitrogen and oxygen atoms in total. The summed E-state index contributed by atoms with van der Waals surface area (Å²) in [5.41, 5.74) is 1.05. The van der Waals surface area contributed by atoms with Gasteiger partial charge in [0.25, 0.3) is 0 Å². The standard InChI is InChI=1S/C20H30N2O3S/c1-16-9-11-19(12-10-16)26(24,25)22-15-5-4-8-18(22)13-14-21-20(23)17-6-2-3-7-17/h9-12,17-18H,2-8,13-15H2,1H3,(H,21,23). The Morgan fingerprint density at radius 3 is 2.42 bits per heavy atom. The van der Waals surface area contributed by atoms with E-state index in [-0.39, 0.29) is 17.9 Å². The minimum Gasteiger partial charge on any atom is -0.356 e. The van der Waals surface area contributed by atoms with E-state index in [0.29, 0.717) is 24.4 Å². The van der Waals surface area contributed by atoms with Crippen LogP contribution >= 0.6 is 0 Å². The van der Waals surface area contributed by atoms with Gasteiger partial charge in [-0.15, -0.1) is 0 Å². The van der Waals surface area contributed by atoms with Crippen molar-refractivity contribution in [3.63, 3.8) is 0 Å². The van der Waals surface area contributed by atoms with Crippen LogP contribution in [0.25, 0.3) is 0 Å². The van der Waals surface area contributed by atoms with Gasteiger partial charge in [0.2, 0.25) is 15.9 Å². The van der Waals surface area contributed by atoms with Gasteiger partial charge in [-0.25, -0.2) is 8.42 Å². The van der Waals surface area contributed by atoms with Gasteiger partial charge in [-0.05, 0) is 51.2 Å². The fourth-order valence-electron chi connectivity index (χ4n) is 4.12. The lowest BCUT2D eigenvalue weighted by Gasteiger charge is -2.35. The fourth-order valence-corrected chi connectivity index (χ4v) is 5.84. The van der Waals surface area contributed by atoms with Crippen molar-refractivity contribution in [1.29, 1.82) is 0 Å². The quantitative estimate of drug-likeness (QED) is 0.826. The molecule has 1 aromatic carbocycles. The Bertz CT molecular complexity index is 709. The number of benzene rings is 1. The predicted octanol–water partition coefficient (Wildman–Crippen LogP) is 3.23. The van der Waals surface area contributed by atoms with Crippen LogP contribution in [0.5, 0.6) is 0 Å². The molecule has 1 saturated carbocycles. The molecule has 1 atom stereocenters. The lowest BCUT2D eigenvalue weighted by atomic mass is 10.0. The minimum absolute atomic E-state index is 0.0288. The van der Waals surface area contributed by atoms with Gasteiger partial charge in [-0.3, -0.25) is 4.79 Å². The van der Waals surface area contributed by atoms with E-state index in [4.69, 9.17) is 0 Å². The molecule has 0 aromatic heterocycles. The van der Waals surface area contributed by atoms with Gasteiger partial charge in [0.05, 0.1) is 4.90 Å². The Balaban J connectivity index is 1.62. The molecule has 1 aliphatic heterocycles. The van der Waals surface area contributed by atoms with Gasteiger partial charge in [0, 0.05) is 25.0 Å². The van der Waals surface area contributed by atoms with E-state index in [2.05, 4.69) is 5.32 Å². The monoisotopic (exact) mass is 378 g/mol. The average Bonchev–Trinajstić information content (AvgIpc) is 3.17. The van der Waals surface area contributed by atoms with Gasteiger partial charge in [0.1, 0.15) is 0 Å². The first-order valence-electron chi connectivity index (χ1n) is 9.85. The third-order valence-electron chi connectivity index (χ3n) is 5.70. The van der Waals surface area contributed by atoms with Crippen LogP contribution in [0.1, 0.15) is 56.9 Å². The summed E-state index contributed by atoms with van der Waals surface area (Å²) < 4.78 is 27.8. The van der Waals surface area contributed by atoms with Gasteiger partial charge >= 0.3 is 0 Å². The zero-order chi connectivity index (χ0) is 18.6. The highest BCUT2D eigenvalue weighted by molar-refractivity contribution is 7.89. The highest BCUT2D eigenvalue weighted by Crippen LogP contribution is 2.28. The number of rotatable bonds is 6. The van der Waals surface area contributed by atoms with Gasteiger partial charge in [-0.2, -0.15) is 4.31 Å². The zero-order valence-electron chi connectivity index (χ0n) is 15.6.